The Balaban J connectivity index is 2.20. The van der Waals surface area contributed by atoms with Crippen molar-refractivity contribution in [1.29, 1.82) is 0 Å². The van der Waals surface area contributed by atoms with E-state index in [0.717, 1.165) is 0 Å². The molecule has 6 nitrogen and oxygen atoms in total. The lowest BCUT2D eigenvalue weighted by molar-refractivity contribution is -0.147. The van der Waals surface area contributed by atoms with E-state index in [1.54, 1.807) is 6.92 Å². The van der Waals surface area contributed by atoms with Crippen LogP contribution in [0.2, 0.25) is 0 Å². The van der Waals surface area contributed by atoms with Crippen LogP contribution in [0, 0.1) is 0 Å². The van der Waals surface area contributed by atoms with Crippen molar-refractivity contribution in [2.45, 2.75) is 25.5 Å². The van der Waals surface area contributed by atoms with Gasteiger partial charge in [0.2, 0.25) is 0 Å². The number of cyclic esters (lactones) is 1. The quantitative estimate of drug-likeness (QED) is 0.592. The molecule has 1 rings (SSSR count). The Labute approximate surface area is 81.7 Å². The second-order valence-electron chi connectivity index (χ2n) is 3.05. The zero-order valence-corrected chi connectivity index (χ0v) is 7.99. The van der Waals surface area contributed by atoms with E-state index in [9.17, 15) is 9.59 Å². The van der Waals surface area contributed by atoms with Gasteiger partial charge >= 0.3 is 12.1 Å². The highest BCUT2D eigenvalue weighted by molar-refractivity contribution is 5.75. The van der Waals surface area contributed by atoms with Crippen LogP contribution in [0.1, 0.15) is 13.3 Å². The first kappa shape index (κ1) is 10.8. The van der Waals surface area contributed by atoms with Gasteiger partial charge in [0.25, 0.3) is 0 Å². The van der Waals surface area contributed by atoms with Crippen molar-refractivity contribution in [3.63, 3.8) is 0 Å². The van der Waals surface area contributed by atoms with Crippen LogP contribution in [0.25, 0.3) is 0 Å². The molecule has 80 valence electrons. The van der Waals surface area contributed by atoms with Crippen LogP contribution in [0.4, 0.5) is 4.79 Å². The first-order valence-corrected chi connectivity index (χ1v) is 4.50. The van der Waals surface area contributed by atoms with Crippen LogP contribution in [0.3, 0.4) is 0 Å². The van der Waals surface area contributed by atoms with E-state index >= 15 is 0 Å². The number of ether oxygens (including phenoxy) is 2. The predicted octanol–water partition coefficient (Wildman–Crippen LogP) is -0.625. The van der Waals surface area contributed by atoms with E-state index in [1.807, 2.05) is 0 Å². The maximum absolute atomic E-state index is 11.1. The van der Waals surface area contributed by atoms with Crippen molar-refractivity contribution in [2.24, 2.45) is 5.73 Å². The summed E-state index contributed by atoms with van der Waals surface area (Å²) in [7, 11) is 0. The van der Waals surface area contributed by atoms with Crippen LogP contribution in [0.15, 0.2) is 0 Å². The molecule has 1 heterocycles. The molecule has 14 heavy (non-hydrogen) atoms. The van der Waals surface area contributed by atoms with Gasteiger partial charge in [0.05, 0.1) is 6.54 Å². The molecule has 1 aliphatic heterocycles. The van der Waals surface area contributed by atoms with E-state index in [4.69, 9.17) is 15.2 Å². The summed E-state index contributed by atoms with van der Waals surface area (Å²) in [6, 6.07) is -0.597. The number of nitrogens with two attached hydrogens (primary N) is 1. The van der Waals surface area contributed by atoms with Crippen molar-refractivity contribution < 1.29 is 19.1 Å². The first-order valence-electron chi connectivity index (χ1n) is 4.50. The maximum atomic E-state index is 11.1. The Hall–Kier alpha value is -1.30. The van der Waals surface area contributed by atoms with Gasteiger partial charge in [-0.1, -0.05) is 6.92 Å². The summed E-state index contributed by atoms with van der Waals surface area (Å²) in [6.45, 7) is 2.22. The van der Waals surface area contributed by atoms with Gasteiger partial charge in [-0.3, -0.25) is 4.79 Å². The Bertz CT molecular complexity index is 231. The summed E-state index contributed by atoms with van der Waals surface area (Å²) < 4.78 is 9.60. The summed E-state index contributed by atoms with van der Waals surface area (Å²) in [6.07, 6.45) is -0.344. The number of nitrogens with one attached hydrogen (secondary N) is 1. The van der Waals surface area contributed by atoms with E-state index < -0.39 is 24.2 Å². The average Bonchev–Trinajstić information content (AvgIpc) is 2.59. The molecule has 0 aliphatic carbocycles. The minimum Gasteiger partial charge on any atom is -0.461 e. The van der Waals surface area contributed by atoms with Gasteiger partial charge in [0.15, 0.2) is 6.10 Å². The van der Waals surface area contributed by atoms with E-state index in [0.29, 0.717) is 13.0 Å². The van der Waals surface area contributed by atoms with Gasteiger partial charge in [0.1, 0.15) is 12.6 Å². The molecule has 0 aromatic heterocycles. The van der Waals surface area contributed by atoms with Crippen molar-refractivity contribution in [2.75, 3.05) is 13.2 Å². The maximum Gasteiger partial charge on any atom is 0.407 e. The molecule has 0 aromatic carbocycles. The number of carbonyl (C=O) groups excluding carboxylic acids is 2. The third kappa shape index (κ3) is 2.88. The largest absolute Gasteiger partial charge is 0.461 e. The monoisotopic (exact) mass is 202 g/mol. The smallest absolute Gasteiger partial charge is 0.407 e. The van der Waals surface area contributed by atoms with E-state index in [2.05, 4.69) is 5.32 Å². The number of hydrogen-bond donors (Lipinski definition) is 2. The molecule has 6 heteroatoms. The van der Waals surface area contributed by atoms with E-state index in [1.165, 1.54) is 0 Å². The molecule has 0 aromatic rings. The highest BCUT2D eigenvalue weighted by atomic mass is 16.6. The molecule has 0 bridgehead atoms. The van der Waals surface area contributed by atoms with Crippen molar-refractivity contribution in [3.8, 4) is 0 Å². The normalized spacial score (nSPS) is 22.4. The third-order valence-corrected chi connectivity index (χ3v) is 1.90. The Kier molecular flexibility index (Phi) is 3.70. The number of carbonyl (C=O) groups is 2. The van der Waals surface area contributed by atoms with Crippen molar-refractivity contribution in [3.05, 3.63) is 0 Å². The van der Waals surface area contributed by atoms with Gasteiger partial charge in [-0.2, -0.15) is 0 Å². The van der Waals surface area contributed by atoms with Crippen LogP contribution in [-0.2, 0) is 14.3 Å². The summed E-state index contributed by atoms with van der Waals surface area (Å²) in [5.74, 6) is -0.463. The molecule has 0 spiro atoms. The van der Waals surface area contributed by atoms with Crippen molar-refractivity contribution >= 4 is 12.1 Å². The predicted molar refractivity (Wildman–Crippen MR) is 47.5 cm³/mol. The Morgan fingerprint density at radius 3 is 3.07 bits per heavy atom. The molecular formula is C8H14N2O4. The van der Waals surface area contributed by atoms with Gasteiger partial charge in [0, 0.05) is 0 Å². The average molecular weight is 202 g/mol. The molecule has 1 fully saturated rings. The fourth-order valence-electron chi connectivity index (χ4n) is 0.974. The van der Waals surface area contributed by atoms with Crippen LogP contribution < -0.4 is 11.1 Å². The lowest BCUT2D eigenvalue weighted by Gasteiger charge is -2.11. The Morgan fingerprint density at radius 1 is 1.86 bits per heavy atom. The SMILES string of the molecule is CC[C@H](N)C(=O)OC[C@H]1CNC(=O)O1. The number of alkyl carbamates (subject to hydrolysis) is 1. The van der Waals surface area contributed by atoms with Gasteiger partial charge in [-0.05, 0) is 6.42 Å². The number of hydrogen-bond acceptors (Lipinski definition) is 5. The first-order chi connectivity index (χ1) is 6.63. The molecule has 0 unspecified atom stereocenters. The molecular weight excluding hydrogens is 188 g/mol. The van der Waals surface area contributed by atoms with Crippen molar-refractivity contribution in [1.82, 2.24) is 5.32 Å². The Morgan fingerprint density at radius 2 is 2.57 bits per heavy atom. The number of esters is 1. The minimum absolute atomic E-state index is 0.0608. The van der Waals surface area contributed by atoms with Crippen LogP contribution in [0.5, 0.6) is 0 Å². The lowest BCUT2D eigenvalue weighted by Crippen LogP contribution is -2.34. The van der Waals surface area contributed by atoms with Gasteiger partial charge in [-0.25, -0.2) is 4.79 Å². The minimum atomic E-state index is -0.597. The standard InChI is InChI=1S/C8H14N2O4/c1-2-6(9)7(11)13-4-5-3-10-8(12)14-5/h5-6H,2-4,9H2,1H3,(H,10,12)/t5-,6+/m1/s1. The van der Waals surface area contributed by atoms with Gasteiger partial charge in [-0.15, -0.1) is 0 Å². The zero-order valence-electron chi connectivity index (χ0n) is 7.99. The third-order valence-electron chi connectivity index (χ3n) is 1.90. The molecule has 2 atom stereocenters. The second kappa shape index (κ2) is 4.80. The van der Waals surface area contributed by atoms with E-state index in [-0.39, 0.29) is 6.61 Å². The highest BCUT2D eigenvalue weighted by Crippen LogP contribution is 2.01. The molecule has 1 saturated heterocycles. The summed E-state index contributed by atoms with van der Waals surface area (Å²) in [5, 5.41) is 2.45. The number of rotatable bonds is 4. The van der Waals surface area contributed by atoms with Crippen LogP contribution in [-0.4, -0.2) is 37.4 Å². The second-order valence-corrected chi connectivity index (χ2v) is 3.05. The van der Waals surface area contributed by atoms with Gasteiger partial charge < -0.3 is 20.5 Å². The molecule has 1 aliphatic rings. The number of amides is 1. The topological polar surface area (TPSA) is 90.7 Å². The summed E-state index contributed by atoms with van der Waals surface area (Å²) >= 11 is 0. The molecule has 0 saturated carbocycles. The fourth-order valence-corrected chi connectivity index (χ4v) is 0.974. The summed E-state index contributed by atoms with van der Waals surface area (Å²) in [5.41, 5.74) is 5.43. The molecule has 1 amide bonds. The summed E-state index contributed by atoms with van der Waals surface area (Å²) in [4.78, 5) is 21.7. The fraction of sp³-hybridized carbons (Fsp3) is 0.750. The molecule has 0 radical (unpaired) electrons. The highest BCUT2D eigenvalue weighted by Gasteiger charge is 2.24. The lowest BCUT2D eigenvalue weighted by atomic mass is 10.2. The molecule has 3 N–H and O–H groups in total. The van der Waals surface area contributed by atoms with Crippen LogP contribution >= 0.6 is 0 Å². The zero-order chi connectivity index (χ0) is 10.6.